The van der Waals surface area contributed by atoms with Gasteiger partial charge in [-0.1, -0.05) is 37.8 Å². The summed E-state index contributed by atoms with van der Waals surface area (Å²) in [4.78, 5) is 25.1. The molecular weight excluding hydrogens is 482 g/mol. The summed E-state index contributed by atoms with van der Waals surface area (Å²) in [6.45, 7) is 8.26. The zero-order valence-electron chi connectivity index (χ0n) is 21.0. The van der Waals surface area contributed by atoms with E-state index >= 15 is 0 Å². The third-order valence-electron chi connectivity index (χ3n) is 5.92. The van der Waals surface area contributed by atoms with Crippen molar-refractivity contribution in [3.63, 3.8) is 0 Å². The van der Waals surface area contributed by atoms with Crippen molar-refractivity contribution in [1.29, 1.82) is 0 Å². The fraction of sp³-hybridized carbons (Fsp3) is 0.462. The third-order valence-corrected chi connectivity index (χ3v) is 7.63. The van der Waals surface area contributed by atoms with Crippen LogP contribution in [0.1, 0.15) is 26.3 Å². The van der Waals surface area contributed by atoms with Crippen LogP contribution in [0, 0.1) is 6.92 Å². The minimum atomic E-state index is -1.51. The molecule has 1 saturated heterocycles. The Kier molecular flexibility index (Phi) is 9.39. The van der Waals surface area contributed by atoms with Crippen molar-refractivity contribution in [2.45, 2.75) is 63.3 Å². The topological polar surface area (TPSA) is 135 Å². The van der Waals surface area contributed by atoms with Crippen LogP contribution in [0.3, 0.4) is 0 Å². The molecule has 9 nitrogen and oxygen atoms in total. The van der Waals surface area contributed by atoms with Gasteiger partial charge in [-0.3, -0.25) is 4.79 Å². The van der Waals surface area contributed by atoms with E-state index in [1.807, 2.05) is 6.07 Å². The number of carbonyl (C=O) groups is 2. The first-order valence-electron chi connectivity index (χ1n) is 11.9. The number of aryl methyl sites for hydroxylation is 1. The molecule has 0 unspecified atom stereocenters. The number of aliphatic hydroxyl groups excluding tert-OH is 3. The fourth-order valence-corrected chi connectivity index (χ4v) is 4.40. The summed E-state index contributed by atoms with van der Waals surface area (Å²) in [5, 5.41) is 33.6. The van der Waals surface area contributed by atoms with E-state index in [-0.39, 0.29) is 18.1 Å². The third kappa shape index (κ3) is 7.45. The van der Waals surface area contributed by atoms with Gasteiger partial charge in [0.05, 0.1) is 5.56 Å². The van der Waals surface area contributed by atoms with Crippen LogP contribution in [0.25, 0.3) is 0 Å². The largest absolute Gasteiger partial charge is 0.459 e. The van der Waals surface area contributed by atoms with Gasteiger partial charge in [0.25, 0.3) is 5.91 Å². The molecule has 1 fully saturated rings. The fourth-order valence-electron chi connectivity index (χ4n) is 3.67. The average Bonchev–Trinajstić information content (AvgIpc) is 2.83. The maximum atomic E-state index is 12.7. The Balaban J connectivity index is 1.58. The van der Waals surface area contributed by atoms with Crippen molar-refractivity contribution < 1.29 is 39.1 Å². The molecule has 4 N–H and O–H groups in total. The van der Waals surface area contributed by atoms with Gasteiger partial charge in [-0.2, -0.15) is 0 Å². The van der Waals surface area contributed by atoms with Gasteiger partial charge in [0.15, 0.2) is 6.29 Å². The highest BCUT2D eigenvalue weighted by Crippen LogP contribution is 2.24. The number of hydrogen-bond acceptors (Lipinski definition) is 8. The van der Waals surface area contributed by atoms with Gasteiger partial charge < -0.3 is 34.8 Å². The predicted octanol–water partition coefficient (Wildman–Crippen LogP) is 2.57. The van der Waals surface area contributed by atoms with Crippen molar-refractivity contribution in [3.8, 4) is 0 Å². The lowest BCUT2D eigenvalue weighted by Gasteiger charge is -2.40. The Morgan fingerprint density at radius 3 is 2.33 bits per heavy atom. The number of anilines is 1. The van der Waals surface area contributed by atoms with Gasteiger partial charge in [-0.25, -0.2) is 4.79 Å². The molecule has 36 heavy (non-hydrogen) atoms. The minimum absolute atomic E-state index is 0.267. The van der Waals surface area contributed by atoms with Gasteiger partial charge in [-0.05, 0) is 48.9 Å². The van der Waals surface area contributed by atoms with Crippen LogP contribution in [0.2, 0.25) is 25.7 Å². The Hall–Kier alpha value is -2.60. The van der Waals surface area contributed by atoms with Crippen molar-refractivity contribution in [3.05, 3.63) is 65.2 Å². The molecule has 5 atom stereocenters. The minimum Gasteiger partial charge on any atom is -0.459 e. The lowest BCUT2D eigenvalue weighted by Crippen LogP contribution is -2.59. The summed E-state index contributed by atoms with van der Waals surface area (Å²) < 4.78 is 16.6. The molecule has 0 saturated carbocycles. The van der Waals surface area contributed by atoms with Crippen LogP contribution in [0.5, 0.6) is 0 Å². The van der Waals surface area contributed by atoms with Gasteiger partial charge in [0.1, 0.15) is 31.0 Å². The van der Waals surface area contributed by atoms with E-state index in [0.29, 0.717) is 23.4 Å². The van der Waals surface area contributed by atoms with E-state index in [9.17, 15) is 24.9 Å². The van der Waals surface area contributed by atoms with Crippen molar-refractivity contribution in [2.75, 3.05) is 18.5 Å². The number of rotatable bonds is 9. The number of benzene rings is 2. The second-order valence-electron chi connectivity index (χ2n) is 10.1. The number of amides is 1. The molecule has 0 spiro atoms. The zero-order valence-corrected chi connectivity index (χ0v) is 22.0. The molecule has 10 heteroatoms. The highest BCUT2D eigenvalue weighted by atomic mass is 28.3. The summed E-state index contributed by atoms with van der Waals surface area (Å²) in [5.41, 5.74) is 1.90. The van der Waals surface area contributed by atoms with E-state index in [4.69, 9.17) is 14.2 Å². The smallest absolute Gasteiger partial charge is 0.338 e. The number of ether oxygens (including phenoxy) is 3. The second-order valence-corrected chi connectivity index (χ2v) is 15.8. The number of aliphatic hydroxyl groups is 3. The van der Waals surface area contributed by atoms with E-state index < -0.39 is 44.7 Å². The first kappa shape index (κ1) is 28.0. The van der Waals surface area contributed by atoms with Crippen molar-refractivity contribution in [1.82, 2.24) is 0 Å². The van der Waals surface area contributed by atoms with Gasteiger partial charge in [0.2, 0.25) is 0 Å². The number of carbonyl (C=O) groups excluding carboxylic acids is 2. The highest BCUT2D eigenvalue weighted by molar-refractivity contribution is 6.76. The molecule has 1 aliphatic heterocycles. The van der Waals surface area contributed by atoms with E-state index in [2.05, 4.69) is 25.0 Å². The number of nitrogens with one attached hydrogen (secondary N) is 1. The second kappa shape index (κ2) is 12.1. The molecule has 0 aromatic heterocycles. The summed E-state index contributed by atoms with van der Waals surface area (Å²) in [5.74, 6) is -0.919. The summed E-state index contributed by atoms with van der Waals surface area (Å²) in [6.07, 6.45) is -6.60. The molecular formula is C26H35NO8Si. The van der Waals surface area contributed by atoms with Crippen LogP contribution >= 0.6 is 0 Å². The molecule has 2 aromatic carbocycles. The van der Waals surface area contributed by atoms with Crippen LogP contribution in [-0.4, -0.2) is 79.2 Å². The lowest BCUT2D eigenvalue weighted by molar-refractivity contribution is -0.299. The Morgan fingerprint density at radius 1 is 1.00 bits per heavy atom. The SMILES string of the molecule is Cc1cc(NC(=O)c2ccccc2)ccc1C(=O)OC[C@H]1O[C@@H](OCC[Si](C)(C)C)[C@H](O)[C@@H](O)[C@@H]1O. The Bertz CT molecular complexity index is 1040. The molecule has 0 radical (unpaired) electrons. The van der Waals surface area contributed by atoms with Crippen molar-refractivity contribution >= 4 is 25.6 Å². The van der Waals surface area contributed by atoms with Gasteiger partial charge in [-0.15, -0.1) is 0 Å². The zero-order chi connectivity index (χ0) is 26.5. The van der Waals surface area contributed by atoms with Gasteiger partial charge >= 0.3 is 5.97 Å². The first-order valence-corrected chi connectivity index (χ1v) is 15.6. The predicted molar refractivity (Wildman–Crippen MR) is 137 cm³/mol. The molecule has 196 valence electrons. The molecule has 1 heterocycles. The Morgan fingerprint density at radius 2 is 1.69 bits per heavy atom. The van der Waals surface area contributed by atoms with Crippen LogP contribution in [-0.2, 0) is 14.2 Å². The van der Waals surface area contributed by atoms with Crippen LogP contribution < -0.4 is 5.32 Å². The number of hydrogen-bond donors (Lipinski definition) is 4. The molecule has 2 aromatic rings. The quantitative estimate of drug-likeness (QED) is 0.295. The average molecular weight is 518 g/mol. The van der Waals surface area contributed by atoms with Gasteiger partial charge in [0, 0.05) is 25.9 Å². The monoisotopic (exact) mass is 517 g/mol. The molecule has 0 aliphatic carbocycles. The Labute approximate surface area is 212 Å². The highest BCUT2D eigenvalue weighted by Gasteiger charge is 2.44. The molecule has 1 amide bonds. The van der Waals surface area contributed by atoms with E-state index in [1.54, 1.807) is 43.3 Å². The van der Waals surface area contributed by atoms with E-state index in [0.717, 1.165) is 6.04 Å². The normalized spacial score (nSPS) is 24.2. The summed E-state index contributed by atoms with van der Waals surface area (Å²) in [6, 6.07) is 14.4. The molecule has 0 bridgehead atoms. The maximum absolute atomic E-state index is 12.7. The van der Waals surface area contributed by atoms with Crippen LogP contribution in [0.4, 0.5) is 5.69 Å². The first-order chi connectivity index (χ1) is 17.0. The summed E-state index contributed by atoms with van der Waals surface area (Å²) in [7, 11) is -1.38. The van der Waals surface area contributed by atoms with E-state index in [1.165, 1.54) is 6.07 Å². The van der Waals surface area contributed by atoms with Crippen molar-refractivity contribution in [2.24, 2.45) is 0 Å². The lowest BCUT2D eigenvalue weighted by atomic mass is 9.99. The summed E-state index contributed by atoms with van der Waals surface area (Å²) >= 11 is 0. The standard InChI is InChI=1S/C26H35NO8Si/c1-16-14-18(27-24(31)17-8-6-5-7-9-17)10-11-19(16)25(32)34-15-20-21(28)22(29)23(30)26(35-20)33-12-13-36(2,3)4/h5-11,14,20-23,26,28-30H,12-13,15H2,1-4H3,(H,27,31)/t20-,21-,22+,23-,26-/m1/s1. The van der Waals surface area contributed by atoms with Crippen LogP contribution in [0.15, 0.2) is 48.5 Å². The maximum Gasteiger partial charge on any atom is 0.338 e. The molecule has 3 rings (SSSR count). The molecule has 1 aliphatic rings. The number of esters is 1.